The number of ether oxygens (including phenoxy) is 1. The van der Waals surface area contributed by atoms with E-state index in [0.29, 0.717) is 6.54 Å². The first-order valence-corrected chi connectivity index (χ1v) is 8.02. The van der Waals surface area contributed by atoms with E-state index in [2.05, 4.69) is 45.3 Å². The maximum absolute atomic E-state index is 12.1. The lowest BCUT2D eigenvalue weighted by Crippen LogP contribution is -2.35. The minimum absolute atomic E-state index is 0.0343. The summed E-state index contributed by atoms with van der Waals surface area (Å²) in [5, 5.41) is 5.94. The smallest absolute Gasteiger partial charge is 0.318 e. The third-order valence-corrected chi connectivity index (χ3v) is 4.17. The Morgan fingerprint density at radius 3 is 2.59 bits per heavy atom. The van der Waals surface area contributed by atoms with Gasteiger partial charge in [-0.25, -0.2) is 4.79 Å². The summed E-state index contributed by atoms with van der Waals surface area (Å²) in [5.41, 5.74) is 4.38. The van der Waals surface area contributed by atoms with Gasteiger partial charge in [0.15, 0.2) is 0 Å². The summed E-state index contributed by atoms with van der Waals surface area (Å²) in [6.07, 6.45) is 5.37. The Bertz CT molecular complexity index is 560. The van der Waals surface area contributed by atoms with Crippen molar-refractivity contribution in [2.24, 2.45) is 10.8 Å². The highest BCUT2D eigenvalue weighted by atomic mass is 16.5. The van der Waals surface area contributed by atoms with Crippen LogP contribution in [0.5, 0.6) is 0 Å². The molecule has 2 amide bonds. The molecule has 4 heteroatoms. The van der Waals surface area contributed by atoms with E-state index in [1.54, 1.807) is 0 Å². The molecule has 1 aliphatic heterocycles. The summed E-state index contributed by atoms with van der Waals surface area (Å²) in [6.45, 7) is 13.6. The molecule has 0 unspecified atom stereocenters. The summed E-state index contributed by atoms with van der Waals surface area (Å²) in [6, 6.07) is -0.124. The van der Waals surface area contributed by atoms with Gasteiger partial charge in [0.25, 0.3) is 0 Å². The van der Waals surface area contributed by atoms with Crippen molar-refractivity contribution in [3.8, 4) is 0 Å². The van der Waals surface area contributed by atoms with Crippen LogP contribution in [0.15, 0.2) is 34.9 Å². The molecule has 0 aromatic carbocycles. The number of fused-ring (bicyclic) bond motifs is 1. The van der Waals surface area contributed by atoms with Gasteiger partial charge in [-0.3, -0.25) is 0 Å². The first-order chi connectivity index (χ1) is 10.2. The van der Waals surface area contributed by atoms with Crippen LogP contribution in [0.1, 0.15) is 54.4 Å². The SMILES string of the molecule is CCCNC(=O)NC1=C2C(C(C)(C)C)=COC=C2C(C)(C)C1. The fourth-order valence-corrected chi connectivity index (χ4v) is 2.96. The number of hydrogen-bond donors (Lipinski definition) is 2. The molecule has 1 heterocycles. The summed E-state index contributed by atoms with van der Waals surface area (Å²) < 4.78 is 5.59. The second-order valence-electron chi connectivity index (χ2n) is 7.74. The second kappa shape index (κ2) is 5.82. The first-order valence-electron chi connectivity index (χ1n) is 8.02. The van der Waals surface area contributed by atoms with Gasteiger partial charge in [0, 0.05) is 29.0 Å². The van der Waals surface area contributed by atoms with Crippen molar-refractivity contribution >= 4 is 6.03 Å². The number of urea groups is 1. The molecule has 0 aromatic heterocycles. The molecule has 2 rings (SSSR count). The Hall–Kier alpha value is -1.71. The quantitative estimate of drug-likeness (QED) is 0.820. The molecule has 2 aliphatic rings. The maximum atomic E-state index is 12.1. The van der Waals surface area contributed by atoms with Crippen molar-refractivity contribution in [2.45, 2.75) is 54.4 Å². The molecule has 0 bridgehead atoms. The molecule has 0 spiro atoms. The number of amides is 2. The van der Waals surface area contributed by atoms with E-state index < -0.39 is 0 Å². The predicted octanol–water partition coefficient (Wildman–Crippen LogP) is 4.22. The van der Waals surface area contributed by atoms with Crippen LogP contribution < -0.4 is 10.6 Å². The molecular formula is C18H28N2O2. The van der Waals surface area contributed by atoms with Crippen molar-refractivity contribution < 1.29 is 9.53 Å². The molecule has 4 nitrogen and oxygen atoms in total. The monoisotopic (exact) mass is 304 g/mol. The van der Waals surface area contributed by atoms with Crippen molar-refractivity contribution in [3.05, 3.63) is 34.9 Å². The molecule has 0 atom stereocenters. The summed E-state index contributed by atoms with van der Waals surface area (Å²) >= 11 is 0. The van der Waals surface area contributed by atoms with E-state index in [4.69, 9.17) is 4.74 Å². The molecule has 0 saturated heterocycles. The van der Waals surface area contributed by atoms with E-state index in [-0.39, 0.29) is 16.9 Å². The molecule has 0 aromatic rings. The van der Waals surface area contributed by atoms with E-state index >= 15 is 0 Å². The molecule has 0 saturated carbocycles. The molecule has 0 radical (unpaired) electrons. The van der Waals surface area contributed by atoms with Gasteiger partial charge in [0.05, 0.1) is 12.5 Å². The Kier molecular flexibility index (Phi) is 4.41. The van der Waals surface area contributed by atoms with Gasteiger partial charge in [0.1, 0.15) is 0 Å². The molecule has 2 N–H and O–H groups in total. The third-order valence-electron chi connectivity index (χ3n) is 4.17. The van der Waals surface area contributed by atoms with Gasteiger partial charge < -0.3 is 15.4 Å². The summed E-state index contributed by atoms with van der Waals surface area (Å²) in [7, 11) is 0. The zero-order valence-electron chi connectivity index (χ0n) is 14.6. The average Bonchev–Trinajstić information content (AvgIpc) is 2.67. The van der Waals surface area contributed by atoms with Crippen LogP contribution in [-0.4, -0.2) is 12.6 Å². The Labute approximate surface area is 133 Å². The number of hydrogen-bond acceptors (Lipinski definition) is 2. The van der Waals surface area contributed by atoms with Gasteiger partial charge >= 0.3 is 6.03 Å². The topological polar surface area (TPSA) is 50.4 Å². The lowest BCUT2D eigenvalue weighted by molar-refractivity contribution is 0.242. The van der Waals surface area contributed by atoms with Crippen LogP contribution in [0, 0.1) is 10.8 Å². The number of nitrogens with one attached hydrogen (secondary N) is 2. The maximum Gasteiger partial charge on any atom is 0.318 e. The van der Waals surface area contributed by atoms with E-state index in [0.717, 1.165) is 29.7 Å². The zero-order valence-corrected chi connectivity index (χ0v) is 14.6. The van der Waals surface area contributed by atoms with Crippen LogP contribution >= 0.6 is 0 Å². The fraction of sp³-hybridized carbons (Fsp3) is 0.611. The van der Waals surface area contributed by atoms with Crippen molar-refractivity contribution in [1.29, 1.82) is 0 Å². The second-order valence-corrected chi connectivity index (χ2v) is 7.74. The minimum atomic E-state index is -0.124. The Balaban J connectivity index is 2.35. The highest BCUT2D eigenvalue weighted by Crippen LogP contribution is 2.52. The van der Waals surface area contributed by atoms with E-state index in [1.807, 2.05) is 19.4 Å². The van der Waals surface area contributed by atoms with Gasteiger partial charge in [-0.1, -0.05) is 41.5 Å². The molecule has 22 heavy (non-hydrogen) atoms. The third kappa shape index (κ3) is 3.21. The number of carbonyl (C=O) groups is 1. The Morgan fingerprint density at radius 2 is 2.00 bits per heavy atom. The van der Waals surface area contributed by atoms with Gasteiger partial charge in [-0.2, -0.15) is 0 Å². The molecular weight excluding hydrogens is 276 g/mol. The van der Waals surface area contributed by atoms with Crippen LogP contribution in [0.3, 0.4) is 0 Å². The minimum Gasteiger partial charge on any atom is -0.472 e. The summed E-state index contributed by atoms with van der Waals surface area (Å²) in [5.74, 6) is 0. The number of rotatable bonds is 3. The van der Waals surface area contributed by atoms with Crippen molar-refractivity contribution in [3.63, 3.8) is 0 Å². The predicted molar refractivity (Wildman–Crippen MR) is 89.0 cm³/mol. The normalized spacial score (nSPS) is 19.9. The average molecular weight is 304 g/mol. The zero-order chi connectivity index (χ0) is 16.5. The Morgan fingerprint density at radius 1 is 1.32 bits per heavy atom. The molecule has 122 valence electrons. The van der Waals surface area contributed by atoms with Crippen LogP contribution in [-0.2, 0) is 4.74 Å². The van der Waals surface area contributed by atoms with Crippen LogP contribution in [0.4, 0.5) is 4.79 Å². The highest BCUT2D eigenvalue weighted by molar-refractivity contribution is 5.77. The van der Waals surface area contributed by atoms with Crippen molar-refractivity contribution in [1.82, 2.24) is 10.6 Å². The van der Waals surface area contributed by atoms with Crippen molar-refractivity contribution in [2.75, 3.05) is 6.54 Å². The number of carbonyl (C=O) groups excluding carboxylic acids is 1. The molecule has 1 aliphatic carbocycles. The highest BCUT2D eigenvalue weighted by Gasteiger charge is 2.42. The van der Waals surface area contributed by atoms with Crippen LogP contribution in [0.2, 0.25) is 0 Å². The van der Waals surface area contributed by atoms with E-state index in [9.17, 15) is 4.79 Å². The largest absolute Gasteiger partial charge is 0.472 e. The van der Waals surface area contributed by atoms with E-state index in [1.165, 1.54) is 5.57 Å². The van der Waals surface area contributed by atoms with Gasteiger partial charge in [0.2, 0.25) is 0 Å². The molecule has 0 fully saturated rings. The standard InChI is InChI=1S/C18H28N2O2/c1-7-8-19-16(21)20-14-9-18(5,6)13-11-22-10-12(15(13)14)17(2,3)4/h10-11H,7-9H2,1-6H3,(H2,19,20,21). The first kappa shape index (κ1) is 16.7. The lowest BCUT2D eigenvalue weighted by atomic mass is 9.76. The van der Waals surface area contributed by atoms with Gasteiger partial charge in [-0.15, -0.1) is 0 Å². The fourth-order valence-electron chi connectivity index (χ4n) is 2.96. The van der Waals surface area contributed by atoms with Crippen LogP contribution in [0.25, 0.3) is 0 Å². The summed E-state index contributed by atoms with van der Waals surface area (Å²) in [4.78, 5) is 12.1. The number of allylic oxidation sites excluding steroid dienone is 4. The van der Waals surface area contributed by atoms with Gasteiger partial charge in [-0.05, 0) is 23.7 Å². The lowest BCUT2D eigenvalue weighted by Gasteiger charge is -2.30.